The van der Waals surface area contributed by atoms with E-state index in [2.05, 4.69) is 15.3 Å². The number of pyridine rings is 1. The van der Waals surface area contributed by atoms with Gasteiger partial charge in [-0.1, -0.05) is 24.3 Å². The number of carbonyl (C=O) groups is 1. The number of carboxylic acid groups (broad SMARTS) is 1. The van der Waals surface area contributed by atoms with E-state index >= 15 is 0 Å². The number of nitrogens with zero attached hydrogens (tertiary/aromatic N) is 5. The van der Waals surface area contributed by atoms with Crippen LogP contribution >= 0.6 is 0 Å². The molecular formula is C34H32N6O5. The lowest BCUT2D eigenvalue weighted by Gasteiger charge is -2.31. The Morgan fingerprint density at radius 1 is 1.07 bits per heavy atom. The zero-order valence-corrected chi connectivity index (χ0v) is 24.9. The van der Waals surface area contributed by atoms with Crippen molar-refractivity contribution in [1.29, 1.82) is 0 Å². The van der Waals surface area contributed by atoms with E-state index in [1.807, 2.05) is 84.4 Å². The molecule has 0 aliphatic carbocycles. The first kappa shape index (κ1) is 28.2. The summed E-state index contributed by atoms with van der Waals surface area (Å²) in [6, 6.07) is 23.0. The molecule has 228 valence electrons. The van der Waals surface area contributed by atoms with Gasteiger partial charge in [-0.15, -0.1) is 0 Å². The Kier molecular flexibility index (Phi) is 7.42. The van der Waals surface area contributed by atoms with E-state index in [0.717, 1.165) is 51.8 Å². The van der Waals surface area contributed by atoms with Crippen molar-refractivity contribution in [1.82, 2.24) is 24.6 Å². The van der Waals surface area contributed by atoms with E-state index in [1.54, 1.807) is 13.3 Å². The van der Waals surface area contributed by atoms with E-state index in [1.165, 1.54) is 4.90 Å². The summed E-state index contributed by atoms with van der Waals surface area (Å²) in [6.07, 6.45) is 2.38. The van der Waals surface area contributed by atoms with Crippen LogP contribution in [-0.4, -0.2) is 62.1 Å². The number of piperidine rings is 1. The molecule has 6 aromatic rings. The second-order valence-corrected chi connectivity index (χ2v) is 11.1. The van der Waals surface area contributed by atoms with Crippen LogP contribution in [0.3, 0.4) is 0 Å². The van der Waals surface area contributed by atoms with Gasteiger partial charge in [0.1, 0.15) is 28.2 Å². The molecule has 45 heavy (non-hydrogen) atoms. The van der Waals surface area contributed by atoms with Gasteiger partial charge in [-0.25, -0.2) is 19.4 Å². The highest BCUT2D eigenvalue weighted by molar-refractivity contribution is 5.93. The molecule has 11 heteroatoms. The predicted molar refractivity (Wildman–Crippen MR) is 170 cm³/mol. The first-order valence-electron chi connectivity index (χ1n) is 14.8. The van der Waals surface area contributed by atoms with E-state index in [4.69, 9.17) is 19.0 Å². The number of hydrogen-bond acceptors (Lipinski definition) is 8. The number of aryl methyl sites for hydroxylation is 1. The highest BCUT2D eigenvalue weighted by atomic mass is 16.5. The Balaban J connectivity index is 1.21. The van der Waals surface area contributed by atoms with Gasteiger partial charge >= 0.3 is 6.09 Å². The van der Waals surface area contributed by atoms with Gasteiger partial charge < -0.3 is 29.2 Å². The molecule has 11 nitrogen and oxygen atoms in total. The third kappa shape index (κ3) is 5.72. The Bertz CT molecular complexity index is 1980. The van der Waals surface area contributed by atoms with Crippen LogP contribution in [0.25, 0.3) is 33.6 Å². The van der Waals surface area contributed by atoms with Crippen molar-refractivity contribution >= 4 is 34.0 Å². The maximum atomic E-state index is 11.7. The molecule has 3 aromatic carbocycles. The largest absolute Gasteiger partial charge is 0.497 e. The van der Waals surface area contributed by atoms with Gasteiger partial charge in [0.25, 0.3) is 0 Å². The van der Waals surface area contributed by atoms with Gasteiger partial charge in [-0.3, -0.25) is 0 Å². The predicted octanol–water partition coefficient (Wildman–Crippen LogP) is 6.95. The van der Waals surface area contributed by atoms with Crippen LogP contribution < -0.4 is 14.8 Å². The second kappa shape index (κ2) is 11.8. The summed E-state index contributed by atoms with van der Waals surface area (Å²) < 4.78 is 19.6. The number of nitrogens with one attached hydrogen (secondary N) is 1. The first-order valence-corrected chi connectivity index (χ1v) is 14.8. The lowest BCUT2D eigenvalue weighted by molar-refractivity contribution is 0.133. The van der Waals surface area contributed by atoms with Crippen molar-refractivity contribution in [2.45, 2.75) is 32.4 Å². The van der Waals surface area contributed by atoms with Crippen LogP contribution in [0, 0.1) is 6.92 Å². The van der Waals surface area contributed by atoms with Crippen LogP contribution in [0.4, 0.5) is 10.6 Å². The number of benzene rings is 3. The van der Waals surface area contributed by atoms with Crippen molar-refractivity contribution in [3.05, 3.63) is 90.1 Å². The highest BCUT2D eigenvalue weighted by Gasteiger charge is 2.26. The fourth-order valence-corrected chi connectivity index (χ4v) is 5.73. The summed E-state index contributed by atoms with van der Waals surface area (Å²) in [7, 11) is 1.64. The molecule has 1 aliphatic heterocycles. The molecule has 0 saturated carbocycles. The molecule has 1 saturated heterocycles. The molecule has 4 heterocycles. The Labute approximate surface area is 259 Å². The van der Waals surface area contributed by atoms with Gasteiger partial charge in [0.15, 0.2) is 17.0 Å². The molecule has 3 aromatic heterocycles. The number of rotatable bonds is 8. The highest BCUT2D eigenvalue weighted by Crippen LogP contribution is 2.36. The fourth-order valence-electron chi connectivity index (χ4n) is 5.73. The van der Waals surface area contributed by atoms with E-state index in [0.29, 0.717) is 48.5 Å². The second-order valence-electron chi connectivity index (χ2n) is 11.1. The summed E-state index contributed by atoms with van der Waals surface area (Å²) in [5.74, 6) is 3.13. The summed E-state index contributed by atoms with van der Waals surface area (Å²) in [5.41, 5.74) is 5.15. The number of methoxy groups -OCH3 is 1. The molecule has 0 spiro atoms. The molecule has 1 amide bonds. The van der Waals surface area contributed by atoms with Gasteiger partial charge in [0.05, 0.1) is 13.7 Å². The molecule has 1 aliphatic rings. The molecule has 0 bridgehead atoms. The molecule has 0 radical (unpaired) electrons. The zero-order valence-electron chi connectivity index (χ0n) is 24.9. The topological polar surface area (TPSA) is 128 Å². The lowest BCUT2D eigenvalue weighted by Crippen LogP contribution is -2.44. The van der Waals surface area contributed by atoms with Crippen LogP contribution in [0.15, 0.2) is 83.4 Å². The van der Waals surface area contributed by atoms with Crippen molar-refractivity contribution in [3.63, 3.8) is 0 Å². The number of amides is 1. The minimum Gasteiger partial charge on any atom is -0.497 e. The summed E-state index contributed by atoms with van der Waals surface area (Å²) >= 11 is 0. The Morgan fingerprint density at radius 2 is 1.87 bits per heavy atom. The number of anilines is 1. The van der Waals surface area contributed by atoms with Crippen LogP contribution in [0.2, 0.25) is 0 Å². The summed E-state index contributed by atoms with van der Waals surface area (Å²) in [5, 5.41) is 18.7. The number of ether oxygens (including phenoxy) is 2. The molecule has 1 fully saturated rings. The minimum absolute atomic E-state index is 0.102. The van der Waals surface area contributed by atoms with Crippen molar-refractivity contribution in [2.75, 3.05) is 25.5 Å². The SMILES string of the molecule is COc1ccc(Cn2nc(N[C@@H]3CCCN(C(=O)O)C3)c3c(Oc4ccc(-c5nc6cccc(C)c6o5)cc4)ccnc32)cc1. The number of fused-ring (bicyclic) bond motifs is 2. The Morgan fingerprint density at radius 3 is 2.62 bits per heavy atom. The number of aromatic nitrogens is 4. The monoisotopic (exact) mass is 604 g/mol. The molecule has 1 atom stereocenters. The maximum absolute atomic E-state index is 11.7. The van der Waals surface area contributed by atoms with E-state index in [-0.39, 0.29) is 6.04 Å². The van der Waals surface area contributed by atoms with E-state index in [9.17, 15) is 9.90 Å². The summed E-state index contributed by atoms with van der Waals surface area (Å²) in [6.45, 7) is 3.37. The van der Waals surface area contributed by atoms with Gasteiger partial charge in [-0.05, 0) is 73.4 Å². The normalized spacial score (nSPS) is 15.0. The van der Waals surface area contributed by atoms with Crippen LogP contribution in [-0.2, 0) is 6.54 Å². The van der Waals surface area contributed by atoms with Gasteiger partial charge in [0.2, 0.25) is 5.89 Å². The van der Waals surface area contributed by atoms with Crippen molar-refractivity contribution < 1.29 is 23.8 Å². The lowest BCUT2D eigenvalue weighted by atomic mass is 10.1. The molecule has 7 rings (SSSR count). The fraction of sp³-hybridized carbons (Fsp3) is 0.235. The van der Waals surface area contributed by atoms with Crippen molar-refractivity contribution in [2.24, 2.45) is 0 Å². The van der Waals surface area contributed by atoms with Crippen LogP contribution in [0.1, 0.15) is 24.0 Å². The van der Waals surface area contributed by atoms with Crippen molar-refractivity contribution in [3.8, 4) is 28.7 Å². The summed E-state index contributed by atoms with van der Waals surface area (Å²) in [4.78, 5) is 22.4. The van der Waals surface area contributed by atoms with E-state index < -0.39 is 6.09 Å². The number of hydrogen-bond donors (Lipinski definition) is 2. The van der Waals surface area contributed by atoms with Gasteiger partial charge in [-0.2, -0.15) is 5.10 Å². The van der Waals surface area contributed by atoms with Gasteiger partial charge in [0, 0.05) is 37.0 Å². The standard InChI is InChI=1S/C34H32N6O5/c1-21-5-3-7-27-30(21)45-33(37-27)23-10-14-26(15-11-23)44-28-16-17-35-32-29(28)31(36-24-6-4-18-39(20-24)34(41)42)38-40(32)19-22-8-12-25(43-2)13-9-22/h3,5,7-17,24H,4,6,18-20H2,1-2H3,(H,36,38)(H,41,42)/t24-/m1/s1. The average Bonchev–Trinajstić information content (AvgIpc) is 3.65. The molecule has 0 unspecified atom stereocenters. The Hall–Kier alpha value is -5.58. The zero-order chi connectivity index (χ0) is 30.9. The third-order valence-corrected chi connectivity index (χ3v) is 8.06. The number of para-hydroxylation sites is 1. The molecular weight excluding hydrogens is 572 g/mol. The quantitative estimate of drug-likeness (QED) is 0.190. The van der Waals surface area contributed by atoms with Crippen LogP contribution in [0.5, 0.6) is 17.2 Å². The maximum Gasteiger partial charge on any atom is 0.407 e. The first-order chi connectivity index (χ1) is 21.9. The third-order valence-electron chi connectivity index (χ3n) is 8.06. The number of likely N-dealkylation sites (tertiary alicyclic amines) is 1. The number of oxazole rings is 1. The smallest absolute Gasteiger partial charge is 0.407 e. The minimum atomic E-state index is -0.918. The molecule has 2 N–H and O–H groups in total. The average molecular weight is 605 g/mol.